The number of benzene rings is 1. The maximum atomic E-state index is 12.7. The number of alkyl halides is 1. The minimum absolute atomic E-state index is 0.0708. The summed E-state index contributed by atoms with van der Waals surface area (Å²) in [5.74, 6) is -0.0326. The summed E-state index contributed by atoms with van der Waals surface area (Å²) in [7, 11) is 0. The number of rotatable bonds is 5. The summed E-state index contributed by atoms with van der Waals surface area (Å²) in [6.45, 7) is 0.394. The third-order valence-corrected chi connectivity index (χ3v) is 4.14. The van der Waals surface area contributed by atoms with Gasteiger partial charge in [-0.2, -0.15) is 0 Å². The van der Waals surface area contributed by atoms with Gasteiger partial charge in [-0.05, 0) is 25.0 Å². The minimum Gasteiger partial charge on any atom is -0.334 e. The Morgan fingerprint density at radius 2 is 2.05 bits per heavy atom. The predicted octanol–water partition coefficient (Wildman–Crippen LogP) is 3.87. The number of amides is 1. The molecular formula is C14H16Cl2N2O3. The van der Waals surface area contributed by atoms with Gasteiger partial charge in [0.15, 0.2) is 0 Å². The summed E-state index contributed by atoms with van der Waals surface area (Å²) in [6.07, 6.45) is 3.98. The molecule has 1 aliphatic rings. The van der Waals surface area contributed by atoms with Crippen LogP contribution in [0.15, 0.2) is 18.2 Å². The maximum absolute atomic E-state index is 12.7. The summed E-state index contributed by atoms with van der Waals surface area (Å²) < 4.78 is 0. The van der Waals surface area contributed by atoms with Crippen molar-refractivity contribution in [2.75, 3.05) is 12.4 Å². The predicted molar refractivity (Wildman–Crippen MR) is 82.1 cm³/mol. The van der Waals surface area contributed by atoms with Crippen LogP contribution < -0.4 is 0 Å². The molecule has 0 aromatic heterocycles. The van der Waals surface area contributed by atoms with Gasteiger partial charge in [-0.1, -0.05) is 24.4 Å². The van der Waals surface area contributed by atoms with Crippen LogP contribution in [0.4, 0.5) is 5.69 Å². The van der Waals surface area contributed by atoms with Gasteiger partial charge in [-0.15, -0.1) is 11.6 Å². The average Bonchev–Trinajstić information content (AvgIpc) is 2.97. The third kappa shape index (κ3) is 3.66. The van der Waals surface area contributed by atoms with Gasteiger partial charge in [-0.25, -0.2) is 0 Å². The normalized spacial score (nSPS) is 15.1. The zero-order chi connectivity index (χ0) is 15.4. The molecule has 1 aromatic rings. The highest BCUT2D eigenvalue weighted by atomic mass is 35.5. The Labute approximate surface area is 133 Å². The van der Waals surface area contributed by atoms with Crippen molar-refractivity contribution in [3.05, 3.63) is 38.9 Å². The molecule has 1 saturated carbocycles. The van der Waals surface area contributed by atoms with Crippen molar-refractivity contribution in [2.45, 2.75) is 31.7 Å². The van der Waals surface area contributed by atoms with E-state index >= 15 is 0 Å². The topological polar surface area (TPSA) is 63.4 Å². The molecule has 1 aromatic carbocycles. The van der Waals surface area contributed by atoms with Crippen LogP contribution in [0.5, 0.6) is 0 Å². The van der Waals surface area contributed by atoms with Crippen molar-refractivity contribution in [3.63, 3.8) is 0 Å². The second kappa shape index (κ2) is 7.09. The number of carbonyl (C=O) groups excluding carboxylic acids is 1. The first kappa shape index (κ1) is 16.0. The SMILES string of the molecule is O=C(c1ccc(Cl)cc1[N+](=O)[O-])N(CCCl)C1CCCC1. The second-order valence-electron chi connectivity index (χ2n) is 5.04. The van der Waals surface area contributed by atoms with Gasteiger partial charge in [0.2, 0.25) is 0 Å². The first-order chi connectivity index (χ1) is 10.0. The first-order valence-corrected chi connectivity index (χ1v) is 7.76. The molecule has 0 spiro atoms. The Morgan fingerprint density at radius 1 is 1.38 bits per heavy atom. The smallest absolute Gasteiger partial charge is 0.283 e. The number of hydrogen-bond acceptors (Lipinski definition) is 3. The van der Waals surface area contributed by atoms with E-state index in [-0.39, 0.29) is 28.2 Å². The fourth-order valence-electron chi connectivity index (χ4n) is 2.75. The highest BCUT2D eigenvalue weighted by molar-refractivity contribution is 6.31. The van der Waals surface area contributed by atoms with Crippen LogP contribution in [0.2, 0.25) is 5.02 Å². The van der Waals surface area contributed by atoms with Crippen LogP contribution in [0.3, 0.4) is 0 Å². The molecule has 0 N–H and O–H groups in total. The molecule has 2 rings (SSSR count). The largest absolute Gasteiger partial charge is 0.334 e. The summed E-state index contributed by atoms with van der Waals surface area (Å²) in [4.78, 5) is 24.9. The number of carbonyl (C=O) groups is 1. The zero-order valence-corrected chi connectivity index (χ0v) is 12.9. The molecule has 7 heteroatoms. The number of nitro groups is 1. The summed E-state index contributed by atoms with van der Waals surface area (Å²) in [6, 6.07) is 4.24. The fraction of sp³-hybridized carbons (Fsp3) is 0.500. The van der Waals surface area contributed by atoms with Crippen molar-refractivity contribution in [1.82, 2.24) is 4.90 Å². The summed E-state index contributed by atoms with van der Waals surface area (Å²) in [5.41, 5.74) is -0.188. The first-order valence-electron chi connectivity index (χ1n) is 6.85. The fourth-order valence-corrected chi connectivity index (χ4v) is 3.10. The van der Waals surface area contributed by atoms with Crippen LogP contribution in [-0.2, 0) is 0 Å². The number of nitro benzene ring substituents is 1. The second-order valence-corrected chi connectivity index (χ2v) is 5.86. The van der Waals surface area contributed by atoms with E-state index in [2.05, 4.69) is 0 Å². The highest BCUT2D eigenvalue weighted by Crippen LogP contribution is 2.29. The van der Waals surface area contributed by atoms with Crippen molar-refractivity contribution >= 4 is 34.8 Å². The Hall–Kier alpha value is -1.33. The minimum atomic E-state index is -0.577. The molecular weight excluding hydrogens is 315 g/mol. The number of halogens is 2. The van der Waals surface area contributed by atoms with Gasteiger partial charge in [0.1, 0.15) is 5.56 Å². The lowest BCUT2D eigenvalue weighted by Gasteiger charge is -2.28. The van der Waals surface area contributed by atoms with Gasteiger partial charge >= 0.3 is 0 Å². The molecule has 0 saturated heterocycles. The van der Waals surface area contributed by atoms with Gasteiger partial charge in [-0.3, -0.25) is 14.9 Å². The Balaban J connectivity index is 2.34. The van der Waals surface area contributed by atoms with Gasteiger partial charge in [0.05, 0.1) is 4.92 Å². The van der Waals surface area contributed by atoms with E-state index in [1.54, 1.807) is 4.90 Å². The third-order valence-electron chi connectivity index (χ3n) is 3.74. The van der Waals surface area contributed by atoms with Crippen LogP contribution in [0.1, 0.15) is 36.0 Å². The molecule has 1 fully saturated rings. The standard InChI is InChI=1S/C14H16Cl2N2O3/c15-7-8-17(11-3-1-2-4-11)14(19)12-6-5-10(16)9-13(12)18(20)21/h5-6,9,11H,1-4,7-8H2. The molecule has 1 amide bonds. The van der Waals surface area contributed by atoms with E-state index in [1.165, 1.54) is 18.2 Å². The molecule has 0 atom stereocenters. The Morgan fingerprint density at radius 3 is 2.62 bits per heavy atom. The average molecular weight is 331 g/mol. The summed E-state index contributed by atoms with van der Waals surface area (Å²) >= 11 is 11.6. The van der Waals surface area contributed by atoms with Crippen LogP contribution in [-0.4, -0.2) is 34.2 Å². The zero-order valence-electron chi connectivity index (χ0n) is 11.4. The van der Waals surface area contributed by atoms with E-state index in [0.717, 1.165) is 25.7 Å². The van der Waals surface area contributed by atoms with E-state index < -0.39 is 4.92 Å². The van der Waals surface area contributed by atoms with Gasteiger partial charge in [0, 0.05) is 29.6 Å². The Kier molecular flexibility index (Phi) is 5.42. The van der Waals surface area contributed by atoms with Gasteiger partial charge in [0.25, 0.3) is 11.6 Å². The lowest BCUT2D eigenvalue weighted by molar-refractivity contribution is -0.385. The number of hydrogen-bond donors (Lipinski definition) is 0. The van der Waals surface area contributed by atoms with Crippen molar-refractivity contribution in [2.24, 2.45) is 0 Å². The maximum Gasteiger partial charge on any atom is 0.283 e. The number of nitrogens with zero attached hydrogens (tertiary/aromatic N) is 2. The molecule has 0 bridgehead atoms. The van der Waals surface area contributed by atoms with Gasteiger partial charge < -0.3 is 4.90 Å². The summed E-state index contributed by atoms with van der Waals surface area (Å²) in [5, 5.41) is 11.4. The molecule has 114 valence electrons. The van der Waals surface area contributed by atoms with Crippen molar-refractivity contribution in [3.8, 4) is 0 Å². The molecule has 0 unspecified atom stereocenters. The van der Waals surface area contributed by atoms with E-state index in [1.807, 2.05) is 0 Å². The quantitative estimate of drug-likeness (QED) is 0.467. The van der Waals surface area contributed by atoms with Crippen molar-refractivity contribution < 1.29 is 9.72 Å². The monoisotopic (exact) mass is 330 g/mol. The Bertz CT molecular complexity index is 545. The lowest BCUT2D eigenvalue weighted by atomic mass is 10.1. The molecule has 5 nitrogen and oxygen atoms in total. The van der Waals surface area contributed by atoms with Crippen LogP contribution in [0.25, 0.3) is 0 Å². The molecule has 1 aliphatic carbocycles. The molecule has 0 aliphatic heterocycles. The molecule has 21 heavy (non-hydrogen) atoms. The van der Waals surface area contributed by atoms with E-state index in [4.69, 9.17) is 23.2 Å². The van der Waals surface area contributed by atoms with Crippen molar-refractivity contribution in [1.29, 1.82) is 0 Å². The molecule has 0 radical (unpaired) electrons. The highest BCUT2D eigenvalue weighted by Gasteiger charge is 2.30. The van der Waals surface area contributed by atoms with E-state index in [0.29, 0.717) is 12.4 Å². The van der Waals surface area contributed by atoms with Crippen LogP contribution >= 0.6 is 23.2 Å². The van der Waals surface area contributed by atoms with Crippen LogP contribution in [0, 0.1) is 10.1 Å². The molecule has 0 heterocycles. The lowest BCUT2D eigenvalue weighted by Crippen LogP contribution is -2.40. The van der Waals surface area contributed by atoms with E-state index in [9.17, 15) is 14.9 Å².